The van der Waals surface area contributed by atoms with Crippen LogP contribution in [0.2, 0.25) is 5.02 Å². The first-order chi connectivity index (χ1) is 9.62. The van der Waals surface area contributed by atoms with E-state index in [1.807, 2.05) is 0 Å². The van der Waals surface area contributed by atoms with Crippen molar-refractivity contribution in [2.24, 2.45) is 0 Å². The van der Waals surface area contributed by atoms with E-state index in [0.29, 0.717) is 12.6 Å². The van der Waals surface area contributed by atoms with Crippen LogP contribution in [0, 0.1) is 0 Å². The van der Waals surface area contributed by atoms with E-state index in [2.05, 4.69) is 5.32 Å². The van der Waals surface area contributed by atoms with Gasteiger partial charge in [0.1, 0.15) is 4.90 Å². The molecule has 0 saturated carbocycles. The average Bonchev–Trinajstić information content (AvgIpc) is 2.37. The predicted octanol–water partition coefficient (Wildman–Crippen LogP) is 2.76. The van der Waals surface area contributed by atoms with Gasteiger partial charge in [-0.15, -0.1) is 12.4 Å². The molecule has 4 nitrogen and oxygen atoms in total. The Morgan fingerprint density at radius 2 is 2.00 bits per heavy atom. The molecule has 0 bridgehead atoms. The van der Waals surface area contributed by atoms with E-state index in [0.717, 1.165) is 16.4 Å². The lowest BCUT2D eigenvalue weighted by atomic mass is 10.2. The number of rotatable bonds is 2. The van der Waals surface area contributed by atoms with Gasteiger partial charge in [0.05, 0.1) is 10.6 Å². The second-order valence-electron chi connectivity index (χ2n) is 4.86. The summed E-state index contributed by atoms with van der Waals surface area (Å²) >= 11 is 5.80. The molecule has 0 amide bonds. The number of nitrogens with zero attached hydrogens (tertiary/aromatic N) is 1. The fourth-order valence-electron chi connectivity index (χ4n) is 2.13. The topological polar surface area (TPSA) is 49.4 Å². The van der Waals surface area contributed by atoms with Crippen molar-refractivity contribution < 1.29 is 21.6 Å². The molecule has 1 aliphatic heterocycles. The summed E-state index contributed by atoms with van der Waals surface area (Å²) in [5, 5.41) is 2.85. The van der Waals surface area contributed by atoms with Crippen LogP contribution in [0.15, 0.2) is 23.1 Å². The molecule has 0 aliphatic carbocycles. The second kappa shape index (κ2) is 6.92. The van der Waals surface area contributed by atoms with Gasteiger partial charge in [0, 0.05) is 25.7 Å². The molecular formula is C12H15Cl2F3N2O2S. The van der Waals surface area contributed by atoms with Crippen molar-refractivity contribution in [3.05, 3.63) is 28.8 Å². The molecule has 1 fully saturated rings. The molecule has 1 saturated heterocycles. The minimum Gasteiger partial charge on any atom is -0.312 e. The van der Waals surface area contributed by atoms with Crippen LogP contribution in [0.25, 0.3) is 0 Å². The second-order valence-corrected chi connectivity index (χ2v) is 7.17. The van der Waals surface area contributed by atoms with Crippen molar-refractivity contribution in [1.82, 2.24) is 9.62 Å². The summed E-state index contributed by atoms with van der Waals surface area (Å²) in [5.74, 6) is 0. The third-order valence-electron chi connectivity index (χ3n) is 3.21. The van der Waals surface area contributed by atoms with Crippen molar-refractivity contribution in [3.63, 3.8) is 0 Å². The van der Waals surface area contributed by atoms with Crippen LogP contribution in [-0.2, 0) is 16.2 Å². The van der Waals surface area contributed by atoms with Crippen molar-refractivity contribution >= 4 is 34.0 Å². The molecule has 0 unspecified atom stereocenters. The molecule has 1 aromatic rings. The third kappa shape index (κ3) is 4.05. The number of alkyl halides is 3. The number of benzene rings is 1. The van der Waals surface area contributed by atoms with Gasteiger partial charge in [0.2, 0.25) is 10.0 Å². The quantitative estimate of drug-likeness (QED) is 0.860. The fourth-order valence-corrected chi connectivity index (χ4v) is 4.16. The Morgan fingerprint density at radius 3 is 2.55 bits per heavy atom. The highest BCUT2D eigenvalue weighted by atomic mass is 35.5. The average molecular weight is 379 g/mol. The number of hydrogen-bond acceptors (Lipinski definition) is 3. The van der Waals surface area contributed by atoms with Crippen LogP contribution in [0.4, 0.5) is 13.2 Å². The van der Waals surface area contributed by atoms with Crippen LogP contribution in [0.5, 0.6) is 0 Å². The number of nitrogens with one attached hydrogen (secondary N) is 1. The monoisotopic (exact) mass is 378 g/mol. The summed E-state index contributed by atoms with van der Waals surface area (Å²) in [6.45, 7) is 2.63. The number of sulfonamides is 1. The highest BCUT2D eigenvalue weighted by Gasteiger charge is 2.35. The van der Waals surface area contributed by atoms with Gasteiger partial charge in [-0.25, -0.2) is 8.42 Å². The van der Waals surface area contributed by atoms with Gasteiger partial charge in [-0.1, -0.05) is 11.6 Å². The maximum absolute atomic E-state index is 12.7. The van der Waals surface area contributed by atoms with Gasteiger partial charge in [-0.3, -0.25) is 0 Å². The van der Waals surface area contributed by atoms with E-state index < -0.39 is 26.7 Å². The molecule has 1 atom stereocenters. The Labute approximate surface area is 138 Å². The van der Waals surface area contributed by atoms with Crippen LogP contribution >= 0.6 is 24.0 Å². The van der Waals surface area contributed by atoms with Gasteiger partial charge in [-0.05, 0) is 25.1 Å². The largest absolute Gasteiger partial charge is 0.416 e. The Morgan fingerprint density at radius 1 is 1.36 bits per heavy atom. The third-order valence-corrected chi connectivity index (χ3v) is 5.55. The van der Waals surface area contributed by atoms with E-state index in [1.54, 1.807) is 6.92 Å². The van der Waals surface area contributed by atoms with Crippen molar-refractivity contribution in [3.8, 4) is 0 Å². The molecule has 0 aromatic heterocycles. The standard InChI is InChI=1S/C12H14ClF3N2O2S.ClH/c1-8-7-18(5-4-17-8)21(19,20)11-6-9(12(14,15)16)2-3-10(11)13;/h2-3,6,8,17H,4-5,7H2,1H3;1H/t8-;/m1./s1. The lowest BCUT2D eigenvalue weighted by Gasteiger charge is -2.31. The SMILES string of the molecule is C[C@@H]1CN(S(=O)(=O)c2cc(C(F)(F)F)ccc2Cl)CCN1.Cl. The van der Waals surface area contributed by atoms with Crippen LogP contribution < -0.4 is 5.32 Å². The Bertz CT molecular complexity index is 638. The first-order valence-electron chi connectivity index (χ1n) is 6.22. The normalized spacial score (nSPS) is 20.5. The minimum absolute atomic E-state index is 0. The van der Waals surface area contributed by atoms with Crippen molar-refractivity contribution in [1.29, 1.82) is 0 Å². The molecule has 126 valence electrons. The summed E-state index contributed by atoms with van der Waals surface area (Å²) in [7, 11) is -4.05. The fraction of sp³-hybridized carbons (Fsp3) is 0.500. The number of piperazine rings is 1. The number of halogens is 5. The Balaban J connectivity index is 0.00000242. The van der Waals surface area contributed by atoms with Crippen molar-refractivity contribution in [2.75, 3.05) is 19.6 Å². The van der Waals surface area contributed by atoms with Gasteiger partial charge in [0.25, 0.3) is 0 Å². The predicted molar refractivity (Wildman–Crippen MR) is 79.9 cm³/mol. The summed E-state index contributed by atoms with van der Waals surface area (Å²) in [6.07, 6.45) is -4.62. The maximum Gasteiger partial charge on any atom is 0.416 e. The van der Waals surface area contributed by atoms with Gasteiger partial charge >= 0.3 is 6.18 Å². The summed E-state index contributed by atoms with van der Waals surface area (Å²) in [5.41, 5.74) is -1.03. The lowest BCUT2D eigenvalue weighted by Crippen LogP contribution is -2.51. The van der Waals surface area contributed by atoms with E-state index in [1.165, 1.54) is 0 Å². The molecule has 0 radical (unpaired) electrons. The van der Waals surface area contributed by atoms with Gasteiger partial charge in [-0.2, -0.15) is 17.5 Å². The van der Waals surface area contributed by atoms with Gasteiger partial charge < -0.3 is 5.32 Å². The molecule has 22 heavy (non-hydrogen) atoms. The van der Waals surface area contributed by atoms with E-state index in [9.17, 15) is 21.6 Å². The summed E-state index contributed by atoms with van der Waals surface area (Å²) in [4.78, 5) is -0.506. The lowest BCUT2D eigenvalue weighted by molar-refractivity contribution is -0.137. The summed E-state index contributed by atoms with van der Waals surface area (Å²) in [6, 6.07) is 2.24. The molecule has 10 heteroatoms. The first-order valence-corrected chi connectivity index (χ1v) is 8.04. The Kier molecular flexibility index (Phi) is 6.14. The molecule has 0 spiro atoms. The molecule has 1 heterocycles. The Hall–Kier alpha value is -0.540. The smallest absolute Gasteiger partial charge is 0.312 e. The molecular weight excluding hydrogens is 364 g/mol. The minimum atomic E-state index is -4.62. The highest BCUT2D eigenvalue weighted by molar-refractivity contribution is 7.89. The van der Waals surface area contributed by atoms with Crippen LogP contribution in [-0.4, -0.2) is 38.4 Å². The zero-order valence-electron chi connectivity index (χ0n) is 11.5. The zero-order valence-corrected chi connectivity index (χ0v) is 13.9. The maximum atomic E-state index is 12.7. The van der Waals surface area contributed by atoms with E-state index in [-0.39, 0.29) is 36.6 Å². The van der Waals surface area contributed by atoms with Crippen molar-refractivity contribution in [2.45, 2.75) is 24.0 Å². The molecule has 2 rings (SSSR count). The number of hydrogen-bond donors (Lipinski definition) is 1. The molecule has 1 aliphatic rings. The van der Waals surface area contributed by atoms with Gasteiger partial charge in [0.15, 0.2) is 0 Å². The van der Waals surface area contributed by atoms with E-state index in [4.69, 9.17) is 11.6 Å². The zero-order chi connectivity index (χ0) is 15.8. The highest BCUT2D eigenvalue weighted by Crippen LogP contribution is 2.34. The summed E-state index contributed by atoms with van der Waals surface area (Å²) < 4.78 is 64.3. The first kappa shape index (κ1) is 19.5. The van der Waals surface area contributed by atoms with E-state index >= 15 is 0 Å². The molecule has 1 N–H and O–H groups in total. The van der Waals surface area contributed by atoms with Crippen LogP contribution in [0.1, 0.15) is 12.5 Å². The molecule has 1 aromatic carbocycles. The van der Waals surface area contributed by atoms with Crippen LogP contribution in [0.3, 0.4) is 0 Å².